The van der Waals surface area contributed by atoms with Crippen LogP contribution in [0.5, 0.6) is 0 Å². The van der Waals surface area contributed by atoms with Crippen molar-refractivity contribution in [1.29, 1.82) is 0 Å². The van der Waals surface area contributed by atoms with Gasteiger partial charge in [0.2, 0.25) is 0 Å². The third kappa shape index (κ3) is 3.86. The lowest BCUT2D eigenvalue weighted by atomic mass is 9.73. The summed E-state index contributed by atoms with van der Waals surface area (Å²) in [6.45, 7) is 8.82. The van der Waals surface area contributed by atoms with Crippen LogP contribution in [0, 0.1) is 5.41 Å². The number of fused-ring (bicyclic) bond motifs is 1. The minimum atomic E-state index is -0.386. The summed E-state index contributed by atoms with van der Waals surface area (Å²) >= 11 is 0. The number of aromatic nitrogens is 3. The van der Waals surface area contributed by atoms with Gasteiger partial charge in [0.1, 0.15) is 0 Å². The summed E-state index contributed by atoms with van der Waals surface area (Å²) in [6, 6.07) is 3.91. The van der Waals surface area contributed by atoms with Crippen LogP contribution in [0.3, 0.4) is 0 Å². The Labute approximate surface area is 149 Å². The zero-order valence-corrected chi connectivity index (χ0v) is 15.8. The molecule has 0 atom stereocenters. The first-order chi connectivity index (χ1) is 11.9. The summed E-state index contributed by atoms with van der Waals surface area (Å²) in [7, 11) is 0. The molecule has 5 nitrogen and oxygen atoms in total. The second-order valence-corrected chi connectivity index (χ2v) is 7.90. The fraction of sp³-hybridized carbons (Fsp3) is 0.650. The van der Waals surface area contributed by atoms with E-state index in [-0.39, 0.29) is 5.97 Å². The van der Waals surface area contributed by atoms with Crippen LogP contribution in [0.25, 0.3) is 5.65 Å². The van der Waals surface area contributed by atoms with E-state index in [1.54, 1.807) is 17.5 Å². The van der Waals surface area contributed by atoms with Crippen LogP contribution < -0.4 is 0 Å². The number of nitrogens with zero attached hydrogens (tertiary/aromatic N) is 3. The molecule has 1 saturated carbocycles. The van der Waals surface area contributed by atoms with Crippen molar-refractivity contribution in [3.05, 3.63) is 29.2 Å². The van der Waals surface area contributed by atoms with E-state index in [9.17, 15) is 4.79 Å². The number of hydrogen-bond acceptors (Lipinski definition) is 4. The maximum atomic E-state index is 12.0. The van der Waals surface area contributed by atoms with Crippen molar-refractivity contribution in [1.82, 2.24) is 14.6 Å². The van der Waals surface area contributed by atoms with Gasteiger partial charge in [0.05, 0.1) is 6.61 Å². The smallest absolute Gasteiger partial charge is 0.358 e. The molecule has 2 aromatic rings. The van der Waals surface area contributed by atoms with Crippen LogP contribution in [0.15, 0.2) is 12.1 Å². The Balaban J connectivity index is 1.98. The fourth-order valence-corrected chi connectivity index (χ4v) is 3.88. The molecular weight excluding hydrogens is 314 g/mol. The summed E-state index contributed by atoms with van der Waals surface area (Å²) < 4.78 is 6.88. The normalized spacial score (nSPS) is 17.2. The van der Waals surface area contributed by atoms with E-state index in [1.807, 2.05) is 0 Å². The average Bonchev–Trinajstić information content (AvgIpc) is 2.98. The van der Waals surface area contributed by atoms with Gasteiger partial charge < -0.3 is 4.74 Å². The largest absolute Gasteiger partial charge is 0.461 e. The van der Waals surface area contributed by atoms with Crippen molar-refractivity contribution in [2.24, 2.45) is 5.41 Å². The third-order valence-corrected chi connectivity index (χ3v) is 5.25. The van der Waals surface area contributed by atoms with Crippen LogP contribution in [0.1, 0.15) is 87.6 Å². The molecule has 0 amide bonds. The Morgan fingerprint density at radius 2 is 2.00 bits per heavy atom. The Morgan fingerprint density at radius 1 is 1.28 bits per heavy atom. The van der Waals surface area contributed by atoms with Gasteiger partial charge in [-0.25, -0.2) is 14.3 Å². The van der Waals surface area contributed by atoms with E-state index in [4.69, 9.17) is 9.72 Å². The van der Waals surface area contributed by atoms with Crippen LogP contribution >= 0.6 is 0 Å². The number of carbonyl (C=O) groups excluding carboxylic acids is 1. The first-order valence-corrected chi connectivity index (χ1v) is 9.48. The number of esters is 1. The molecule has 0 N–H and O–H groups in total. The SMILES string of the molecule is CCOC(=O)c1cc2nc(CC3(C)CCCCC3)cc(C(C)C)n2n1. The molecular formula is C20H29N3O2. The summed E-state index contributed by atoms with van der Waals surface area (Å²) in [6.07, 6.45) is 7.51. The highest BCUT2D eigenvalue weighted by atomic mass is 16.5. The predicted molar refractivity (Wildman–Crippen MR) is 97.9 cm³/mol. The van der Waals surface area contributed by atoms with E-state index in [1.165, 1.54) is 32.1 Å². The zero-order chi connectivity index (χ0) is 18.0. The fourth-order valence-electron chi connectivity index (χ4n) is 3.88. The zero-order valence-electron chi connectivity index (χ0n) is 15.8. The number of carbonyl (C=O) groups is 1. The van der Waals surface area contributed by atoms with E-state index >= 15 is 0 Å². The Bertz CT molecular complexity index is 758. The highest BCUT2D eigenvalue weighted by Crippen LogP contribution is 2.38. The highest BCUT2D eigenvalue weighted by Gasteiger charge is 2.28. The standard InChI is InChI=1S/C20H29N3O2/c1-5-25-19(24)16-12-18-21-15(11-17(14(2)3)23(18)22-16)13-20(4)9-7-6-8-10-20/h11-12,14H,5-10,13H2,1-4H3. The quantitative estimate of drug-likeness (QED) is 0.748. The van der Waals surface area contributed by atoms with Gasteiger partial charge in [0, 0.05) is 17.5 Å². The van der Waals surface area contributed by atoms with E-state index < -0.39 is 0 Å². The molecule has 0 bridgehead atoms. The first-order valence-electron chi connectivity index (χ1n) is 9.48. The molecule has 0 aromatic carbocycles. The second-order valence-electron chi connectivity index (χ2n) is 7.90. The highest BCUT2D eigenvalue weighted by molar-refractivity contribution is 5.88. The molecule has 1 fully saturated rings. The first kappa shape index (κ1) is 17.9. The molecule has 5 heteroatoms. The lowest BCUT2D eigenvalue weighted by molar-refractivity contribution is 0.0519. The summed E-state index contributed by atoms with van der Waals surface area (Å²) in [5.74, 6) is -0.0816. The molecule has 0 saturated heterocycles. The Hall–Kier alpha value is -1.91. The summed E-state index contributed by atoms with van der Waals surface area (Å²) in [4.78, 5) is 16.8. The maximum absolute atomic E-state index is 12.0. The number of ether oxygens (including phenoxy) is 1. The average molecular weight is 343 g/mol. The minimum absolute atomic E-state index is 0.304. The van der Waals surface area contributed by atoms with E-state index in [0.717, 1.165) is 23.5 Å². The van der Waals surface area contributed by atoms with E-state index in [0.29, 0.717) is 23.6 Å². The monoisotopic (exact) mass is 343 g/mol. The van der Waals surface area contributed by atoms with Gasteiger partial charge in [0.15, 0.2) is 11.3 Å². The molecule has 25 heavy (non-hydrogen) atoms. The van der Waals surface area contributed by atoms with Crippen molar-refractivity contribution in [2.75, 3.05) is 6.61 Å². The van der Waals surface area contributed by atoms with Gasteiger partial charge in [-0.1, -0.05) is 40.0 Å². The molecule has 2 heterocycles. The van der Waals surface area contributed by atoms with Crippen molar-refractivity contribution in [2.45, 2.75) is 72.1 Å². The number of hydrogen-bond donors (Lipinski definition) is 0. The third-order valence-electron chi connectivity index (χ3n) is 5.25. The van der Waals surface area contributed by atoms with Crippen LogP contribution in [-0.4, -0.2) is 27.2 Å². The molecule has 136 valence electrons. The van der Waals surface area contributed by atoms with Gasteiger partial charge in [0.25, 0.3) is 0 Å². The minimum Gasteiger partial charge on any atom is -0.461 e. The maximum Gasteiger partial charge on any atom is 0.358 e. The molecule has 0 spiro atoms. The lowest BCUT2D eigenvalue weighted by Gasteiger charge is -2.33. The van der Waals surface area contributed by atoms with Gasteiger partial charge in [-0.15, -0.1) is 0 Å². The summed E-state index contributed by atoms with van der Waals surface area (Å²) in [5, 5.41) is 4.44. The van der Waals surface area contributed by atoms with Crippen LogP contribution in [0.2, 0.25) is 0 Å². The molecule has 1 aliphatic rings. The Morgan fingerprint density at radius 3 is 2.64 bits per heavy atom. The van der Waals surface area contributed by atoms with Crippen LogP contribution in [-0.2, 0) is 11.2 Å². The number of rotatable bonds is 5. The van der Waals surface area contributed by atoms with Crippen molar-refractivity contribution < 1.29 is 9.53 Å². The lowest BCUT2D eigenvalue weighted by Crippen LogP contribution is -2.23. The van der Waals surface area contributed by atoms with Crippen molar-refractivity contribution in [3.63, 3.8) is 0 Å². The van der Waals surface area contributed by atoms with Crippen molar-refractivity contribution in [3.8, 4) is 0 Å². The van der Waals surface area contributed by atoms with Gasteiger partial charge in [-0.2, -0.15) is 5.10 Å². The molecule has 0 radical (unpaired) electrons. The van der Waals surface area contributed by atoms with Gasteiger partial charge in [-0.3, -0.25) is 0 Å². The molecule has 2 aromatic heterocycles. The van der Waals surface area contributed by atoms with Crippen LogP contribution in [0.4, 0.5) is 0 Å². The molecule has 0 aliphatic heterocycles. The van der Waals surface area contributed by atoms with E-state index in [2.05, 4.69) is 31.9 Å². The second kappa shape index (κ2) is 7.14. The van der Waals surface area contributed by atoms with Gasteiger partial charge >= 0.3 is 5.97 Å². The molecule has 0 unspecified atom stereocenters. The topological polar surface area (TPSA) is 56.5 Å². The van der Waals surface area contributed by atoms with Gasteiger partial charge in [-0.05, 0) is 43.6 Å². The van der Waals surface area contributed by atoms with Crippen molar-refractivity contribution >= 4 is 11.6 Å². The predicted octanol–water partition coefficient (Wildman–Crippen LogP) is 4.54. The molecule has 3 rings (SSSR count). The molecule has 1 aliphatic carbocycles. The Kier molecular flexibility index (Phi) is 5.11. The summed E-state index contributed by atoms with van der Waals surface area (Å²) in [5.41, 5.74) is 3.61.